The van der Waals surface area contributed by atoms with E-state index in [0.717, 1.165) is 6.42 Å². The Hall–Kier alpha value is -1.62. The van der Waals surface area contributed by atoms with Crippen LogP contribution in [0.4, 0.5) is 5.82 Å². The van der Waals surface area contributed by atoms with Gasteiger partial charge in [-0.2, -0.15) is 0 Å². The Balaban J connectivity index is 2.52. The number of hydrogen-bond acceptors (Lipinski definition) is 4. The van der Waals surface area contributed by atoms with Crippen molar-refractivity contribution < 1.29 is 4.79 Å². The molecule has 1 aromatic heterocycles. The molecule has 1 aromatic rings. The Bertz CT molecular complexity index is 336. The Labute approximate surface area is 95.4 Å². The number of nitrogen functional groups attached to an aromatic ring is 1. The van der Waals surface area contributed by atoms with Crippen LogP contribution in [-0.4, -0.2) is 17.4 Å². The molecular weight excluding hydrogens is 204 g/mol. The van der Waals surface area contributed by atoms with Crippen LogP contribution in [0.1, 0.15) is 30.6 Å². The molecule has 1 rings (SSSR count). The molecule has 0 aromatic carbocycles. The molecule has 0 fully saturated rings. The maximum Gasteiger partial charge on any atom is 0.252 e. The predicted molar refractivity (Wildman–Crippen MR) is 63.8 cm³/mol. The van der Waals surface area contributed by atoms with Crippen molar-refractivity contribution in [3.63, 3.8) is 0 Å². The van der Waals surface area contributed by atoms with Crippen molar-refractivity contribution in [3.8, 4) is 0 Å². The Morgan fingerprint density at radius 3 is 2.81 bits per heavy atom. The highest BCUT2D eigenvalue weighted by atomic mass is 16.1. The van der Waals surface area contributed by atoms with Gasteiger partial charge < -0.3 is 10.7 Å². The van der Waals surface area contributed by atoms with Gasteiger partial charge in [0.15, 0.2) is 0 Å². The molecule has 0 aliphatic heterocycles. The average molecular weight is 222 g/mol. The number of anilines is 1. The second kappa shape index (κ2) is 6.07. The zero-order valence-electron chi connectivity index (χ0n) is 9.66. The van der Waals surface area contributed by atoms with E-state index in [2.05, 4.69) is 29.6 Å². The minimum absolute atomic E-state index is 0.101. The van der Waals surface area contributed by atoms with Crippen LogP contribution in [-0.2, 0) is 0 Å². The summed E-state index contributed by atoms with van der Waals surface area (Å²) in [4.78, 5) is 15.6. The van der Waals surface area contributed by atoms with E-state index >= 15 is 0 Å². The maximum atomic E-state index is 11.7. The maximum absolute atomic E-state index is 11.7. The lowest BCUT2D eigenvalue weighted by atomic mass is 10.1. The van der Waals surface area contributed by atoms with Crippen molar-refractivity contribution in [2.45, 2.75) is 20.3 Å². The Kier molecular flexibility index (Phi) is 4.72. The number of hydrogen-bond donors (Lipinski definition) is 3. The molecule has 1 amide bonds. The van der Waals surface area contributed by atoms with Crippen molar-refractivity contribution in [3.05, 3.63) is 23.9 Å². The third-order valence-electron chi connectivity index (χ3n) is 2.48. The second-order valence-electron chi connectivity index (χ2n) is 3.80. The van der Waals surface area contributed by atoms with Crippen LogP contribution in [0.3, 0.4) is 0 Å². The van der Waals surface area contributed by atoms with Gasteiger partial charge in [-0.1, -0.05) is 20.3 Å². The molecule has 4 N–H and O–H groups in total. The number of nitrogens with zero attached hydrogens (tertiary/aromatic N) is 1. The summed E-state index contributed by atoms with van der Waals surface area (Å²) in [5.74, 6) is 6.11. The highest BCUT2D eigenvalue weighted by Crippen LogP contribution is 2.04. The molecule has 0 bridgehead atoms. The Morgan fingerprint density at radius 2 is 2.31 bits per heavy atom. The van der Waals surface area contributed by atoms with Crippen LogP contribution in [0.25, 0.3) is 0 Å². The Morgan fingerprint density at radius 1 is 1.56 bits per heavy atom. The first-order valence-electron chi connectivity index (χ1n) is 5.38. The summed E-state index contributed by atoms with van der Waals surface area (Å²) in [5.41, 5.74) is 2.95. The predicted octanol–water partition coefficient (Wildman–Crippen LogP) is 1.14. The lowest BCUT2D eigenvalue weighted by Crippen LogP contribution is -2.28. The highest BCUT2D eigenvalue weighted by molar-refractivity contribution is 5.94. The van der Waals surface area contributed by atoms with Crippen LogP contribution in [0.15, 0.2) is 18.3 Å². The standard InChI is InChI=1S/C11H18N4O/c1-3-8(2)6-14-11(16)9-4-5-10(15-12)13-7-9/h4-5,7-8H,3,6,12H2,1-2H3,(H,13,15)(H,14,16). The lowest BCUT2D eigenvalue weighted by molar-refractivity contribution is 0.0947. The van der Waals surface area contributed by atoms with Crippen LogP contribution < -0.4 is 16.6 Å². The quantitative estimate of drug-likeness (QED) is 0.515. The van der Waals surface area contributed by atoms with Gasteiger partial charge in [0.25, 0.3) is 5.91 Å². The number of hydrazine groups is 1. The molecule has 1 unspecified atom stereocenters. The van der Waals surface area contributed by atoms with E-state index in [-0.39, 0.29) is 5.91 Å². The van der Waals surface area contributed by atoms with Crippen molar-refractivity contribution in [2.24, 2.45) is 11.8 Å². The summed E-state index contributed by atoms with van der Waals surface area (Å²) >= 11 is 0. The van der Waals surface area contributed by atoms with E-state index in [1.54, 1.807) is 12.1 Å². The van der Waals surface area contributed by atoms with Crippen molar-refractivity contribution in [1.29, 1.82) is 0 Å². The van der Waals surface area contributed by atoms with Crippen LogP contribution in [0, 0.1) is 5.92 Å². The van der Waals surface area contributed by atoms with Crippen LogP contribution in [0.2, 0.25) is 0 Å². The van der Waals surface area contributed by atoms with E-state index < -0.39 is 0 Å². The number of pyridine rings is 1. The van der Waals surface area contributed by atoms with Crippen molar-refractivity contribution in [2.75, 3.05) is 12.0 Å². The number of amides is 1. The number of nitrogens with one attached hydrogen (secondary N) is 2. The van der Waals surface area contributed by atoms with Crippen molar-refractivity contribution in [1.82, 2.24) is 10.3 Å². The van der Waals surface area contributed by atoms with E-state index in [1.807, 2.05) is 0 Å². The minimum atomic E-state index is -0.101. The van der Waals surface area contributed by atoms with Gasteiger partial charge in [0.05, 0.1) is 5.56 Å². The summed E-state index contributed by atoms with van der Waals surface area (Å²) < 4.78 is 0. The molecule has 0 radical (unpaired) electrons. The number of carbonyl (C=O) groups is 1. The second-order valence-corrected chi connectivity index (χ2v) is 3.80. The summed E-state index contributed by atoms with van der Waals surface area (Å²) in [7, 11) is 0. The van der Waals surface area contributed by atoms with Gasteiger partial charge in [0.2, 0.25) is 0 Å². The molecule has 0 aliphatic rings. The van der Waals surface area contributed by atoms with E-state index in [0.29, 0.717) is 23.8 Å². The molecule has 1 heterocycles. The van der Waals surface area contributed by atoms with Gasteiger partial charge >= 0.3 is 0 Å². The van der Waals surface area contributed by atoms with E-state index in [4.69, 9.17) is 5.84 Å². The molecule has 16 heavy (non-hydrogen) atoms. The molecule has 0 saturated carbocycles. The molecule has 0 saturated heterocycles. The van der Waals surface area contributed by atoms with Gasteiger partial charge in [-0.05, 0) is 18.1 Å². The number of aromatic nitrogens is 1. The molecule has 1 atom stereocenters. The first kappa shape index (κ1) is 12.4. The van der Waals surface area contributed by atoms with Gasteiger partial charge in [-0.15, -0.1) is 0 Å². The summed E-state index contributed by atoms with van der Waals surface area (Å²) in [5, 5.41) is 2.86. The summed E-state index contributed by atoms with van der Waals surface area (Å²) in [6.45, 7) is 4.88. The highest BCUT2D eigenvalue weighted by Gasteiger charge is 2.07. The number of rotatable bonds is 5. The third-order valence-corrected chi connectivity index (χ3v) is 2.48. The fourth-order valence-corrected chi connectivity index (χ4v) is 1.13. The normalized spacial score (nSPS) is 11.9. The number of nitrogens with two attached hydrogens (primary N) is 1. The molecule has 5 heteroatoms. The number of carbonyl (C=O) groups excluding carboxylic acids is 1. The fourth-order valence-electron chi connectivity index (χ4n) is 1.13. The van der Waals surface area contributed by atoms with Gasteiger partial charge in [0.1, 0.15) is 5.82 Å². The van der Waals surface area contributed by atoms with E-state index in [9.17, 15) is 4.79 Å². The smallest absolute Gasteiger partial charge is 0.252 e. The first-order valence-corrected chi connectivity index (χ1v) is 5.38. The first-order chi connectivity index (χ1) is 7.67. The zero-order chi connectivity index (χ0) is 12.0. The van der Waals surface area contributed by atoms with Gasteiger partial charge in [-0.3, -0.25) is 4.79 Å². The summed E-state index contributed by atoms with van der Waals surface area (Å²) in [6.07, 6.45) is 2.55. The molecule has 0 aliphatic carbocycles. The fraction of sp³-hybridized carbons (Fsp3) is 0.455. The average Bonchev–Trinajstić information content (AvgIpc) is 2.35. The molecule has 5 nitrogen and oxygen atoms in total. The van der Waals surface area contributed by atoms with Crippen molar-refractivity contribution >= 4 is 11.7 Å². The summed E-state index contributed by atoms with van der Waals surface area (Å²) in [6, 6.07) is 3.35. The molecule has 0 spiro atoms. The largest absolute Gasteiger partial charge is 0.352 e. The monoisotopic (exact) mass is 222 g/mol. The zero-order valence-corrected chi connectivity index (χ0v) is 9.66. The van der Waals surface area contributed by atoms with E-state index in [1.165, 1.54) is 6.20 Å². The SMILES string of the molecule is CCC(C)CNC(=O)c1ccc(NN)nc1. The van der Waals surface area contributed by atoms with Crippen LogP contribution >= 0.6 is 0 Å². The van der Waals surface area contributed by atoms with Gasteiger partial charge in [-0.25, -0.2) is 10.8 Å². The van der Waals surface area contributed by atoms with Gasteiger partial charge in [0, 0.05) is 12.7 Å². The van der Waals surface area contributed by atoms with Crippen LogP contribution in [0.5, 0.6) is 0 Å². The topological polar surface area (TPSA) is 80.0 Å². The third kappa shape index (κ3) is 3.51. The minimum Gasteiger partial charge on any atom is -0.352 e. The lowest BCUT2D eigenvalue weighted by Gasteiger charge is -2.10. The molecular formula is C11H18N4O. The molecule has 88 valence electrons.